The quantitative estimate of drug-likeness (QED) is 0.266. The molecular weight excluding hydrogens is 346 g/mol. The summed E-state index contributed by atoms with van der Waals surface area (Å²) < 4.78 is 0. The number of rotatable bonds is 11. The molecule has 0 aromatic carbocycles. The number of thioether (sulfide) groups is 1. The van der Waals surface area contributed by atoms with E-state index in [1.165, 1.54) is 0 Å². The molecule has 1 heterocycles. The van der Waals surface area contributed by atoms with E-state index < -0.39 is 4.92 Å². The minimum absolute atomic E-state index is 0.379. The highest BCUT2D eigenvalue weighted by Gasteiger charge is 2.04. The summed E-state index contributed by atoms with van der Waals surface area (Å²) >= 11 is 3.42. The standard InChI is InChI=1S/C15H23N5O2S2/c1-4-5-6-16-14(9-20(21)22)17-7-8-23-11-13-12-24-15(18-13)10-19(2)3/h9,12,16-17H,6-8,10-11H2,1-3H3. The van der Waals surface area contributed by atoms with Gasteiger partial charge in [-0.2, -0.15) is 11.8 Å². The van der Waals surface area contributed by atoms with Crippen molar-refractivity contribution in [1.29, 1.82) is 0 Å². The third-order valence-electron chi connectivity index (χ3n) is 2.64. The van der Waals surface area contributed by atoms with Gasteiger partial charge in [0.2, 0.25) is 0 Å². The minimum Gasteiger partial charge on any atom is -0.366 e. The van der Waals surface area contributed by atoms with Crippen LogP contribution in [-0.2, 0) is 12.3 Å². The Morgan fingerprint density at radius 2 is 2.33 bits per heavy atom. The Morgan fingerprint density at radius 3 is 3.00 bits per heavy atom. The Morgan fingerprint density at radius 1 is 1.54 bits per heavy atom. The van der Waals surface area contributed by atoms with Gasteiger partial charge in [-0.15, -0.1) is 17.3 Å². The first-order valence-electron chi connectivity index (χ1n) is 7.39. The summed E-state index contributed by atoms with van der Waals surface area (Å²) in [6.07, 6.45) is 0.927. The van der Waals surface area contributed by atoms with Crippen LogP contribution in [0.3, 0.4) is 0 Å². The summed E-state index contributed by atoms with van der Waals surface area (Å²) in [6.45, 7) is 3.60. The van der Waals surface area contributed by atoms with Crippen molar-refractivity contribution in [1.82, 2.24) is 20.5 Å². The summed E-state index contributed by atoms with van der Waals surface area (Å²) in [5.74, 6) is 7.60. The molecule has 7 nitrogen and oxygen atoms in total. The van der Waals surface area contributed by atoms with Crippen LogP contribution in [0.25, 0.3) is 0 Å². The number of hydrogen-bond acceptors (Lipinski definition) is 8. The second-order valence-corrected chi connectivity index (χ2v) is 7.11. The van der Waals surface area contributed by atoms with Gasteiger partial charge in [0.05, 0.1) is 17.2 Å². The van der Waals surface area contributed by atoms with E-state index >= 15 is 0 Å². The lowest BCUT2D eigenvalue weighted by atomic mass is 10.5. The van der Waals surface area contributed by atoms with Crippen LogP contribution in [0.5, 0.6) is 0 Å². The first-order valence-corrected chi connectivity index (χ1v) is 9.43. The maximum Gasteiger partial charge on any atom is 0.274 e. The lowest BCUT2D eigenvalue weighted by Gasteiger charge is -2.08. The van der Waals surface area contributed by atoms with E-state index in [9.17, 15) is 10.1 Å². The van der Waals surface area contributed by atoms with Crippen molar-refractivity contribution in [3.05, 3.63) is 38.2 Å². The van der Waals surface area contributed by atoms with E-state index in [4.69, 9.17) is 0 Å². The average molecular weight is 370 g/mol. The van der Waals surface area contributed by atoms with Crippen LogP contribution >= 0.6 is 23.1 Å². The van der Waals surface area contributed by atoms with Crippen molar-refractivity contribution in [2.45, 2.75) is 19.2 Å². The van der Waals surface area contributed by atoms with Gasteiger partial charge in [0.25, 0.3) is 6.20 Å². The average Bonchev–Trinajstić information content (AvgIpc) is 2.93. The van der Waals surface area contributed by atoms with Gasteiger partial charge in [-0.1, -0.05) is 5.92 Å². The van der Waals surface area contributed by atoms with Gasteiger partial charge in [0.1, 0.15) is 5.01 Å². The summed E-state index contributed by atoms with van der Waals surface area (Å²) in [7, 11) is 4.05. The van der Waals surface area contributed by atoms with Crippen LogP contribution < -0.4 is 10.6 Å². The van der Waals surface area contributed by atoms with Gasteiger partial charge in [-0.3, -0.25) is 10.1 Å². The van der Waals surface area contributed by atoms with E-state index in [0.717, 1.165) is 35.0 Å². The van der Waals surface area contributed by atoms with E-state index in [0.29, 0.717) is 18.9 Å². The Kier molecular flexibility index (Phi) is 9.91. The predicted molar refractivity (Wildman–Crippen MR) is 100 cm³/mol. The van der Waals surface area contributed by atoms with Gasteiger partial charge in [0, 0.05) is 30.0 Å². The van der Waals surface area contributed by atoms with Crippen molar-refractivity contribution in [3.63, 3.8) is 0 Å². The second kappa shape index (κ2) is 11.7. The van der Waals surface area contributed by atoms with Gasteiger partial charge >= 0.3 is 0 Å². The maximum absolute atomic E-state index is 10.6. The van der Waals surface area contributed by atoms with Crippen LogP contribution in [0.15, 0.2) is 17.4 Å². The zero-order valence-corrected chi connectivity index (χ0v) is 15.8. The van der Waals surface area contributed by atoms with E-state index in [1.807, 2.05) is 14.1 Å². The van der Waals surface area contributed by atoms with Crippen LogP contribution in [0.1, 0.15) is 17.6 Å². The largest absolute Gasteiger partial charge is 0.366 e. The predicted octanol–water partition coefficient (Wildman–Crippen LogP) is 1.72. The molecule has 132 valence electrons. The van der Waals surface area contributed by atoms with Crippen LogP contribution in [0.4, 0.5) is 0 Å². The van der Waals surface area contributed by atoms with Crippen LogP contribution in [-0.4, -0.2) is 47.7 Å². The maximum atomic E-state index is 10.6. The Labute approximate surface area is 151 Å². The molecule has 0 unspecified atom stereocenters. The normalized spacial score (nSPS) is 11.1. The van der Waals surface area contributed by atoms with Crippen molar-refractivity contribution in [3.8, 4) is 11.8 Å². The molecular formula is C15H23N5O2S2. The molecule has 0 amide bonds. The van der Waals surface area contributed by atoms with Crippen molar-refractivity contribution < 1.29 is 4.92 Å². The second-order valence-electron chi connectivity index (χ2n) is 5.06. The molecule has 0 bridgehead atoms. The lowest BCUT2D eigenvalue weighted by Crippen LogP contribution is -2.29. The van der Waals surface area contributed by atoms with Crippen LogP contribution in [0, 0.1) is 22.0 Å². The van der Waals surface area contributed by atoms with Gasteiger partial charge < -0.3 is 15.5 Å². The summed E-state index contributed by atoms with van der Waals surface area (Å²) in [5.41, 5.74) is 1.08. The number of nitrogens with one attached hydrogen (secondary N) is 2. The Bertz CT molecular complexity index is 604. The first-order chi connectivity index (χ1) is 11.5. The molecule has 0 radical (unpaired) electrons. The summed E-state index contributed by atoms with van der Waals surface area (Å²) in [4.78, 5) is 16.8. The van der Waals surface area contributed by atoms with Gasteiger partial charge in [-0.25, -0.2) is 4.98 Å². The minimum atomic E-state index is -0.483. The monoisotopic (exact) mass is 369 g/mol. The molecule has 0 spiro atoms. The molecule has 1 rings (SSSR count). The van der Waals surface area contributed by atoms with E-state index in [-0.39, 0.29) is 0 Å². The number of hydrogen-bond donors (Lipinski definition) is 2. The third-order valence-corrected chi connectivity index (χ3v) is 4.52. The van der Waals surface area contributed by atoms with E-state index in [2.05, 4.69) is 37.7 Å². The zero-order valence-electron chi connectivity index (χ0n) is 14.2. The molecule has 1 aromatic heterocycles. The smallest absolute Gasteiger partial charge is 0.274 e. The highest BCUT2D eigenvalue weighted by atomic mass is 32.2. The van der Waals surface area contributed by atoms with Crippen molar-refractivity contribution in [2.24, 2.45) is 0 Å². The molecule has 0 saturated carbocycles. The molecule has 0 atom stereocenters. The molecule has 0 aliphatic carbocycles. The number of nitro groups is 1. The van der Waals surface area contributed by atoms with Crippen LogP contribution in [0.2, 0.25) is 0 Å². The number of thiazole rings is 1. The SMILES string of the molecule is CC#CCNC(=C[N+](=O)[O-])NCCSCc1csc(CN(C)C)n1. The molecule has 9 heteroatoms. The summed E-state index contributed by atoms with van der Waals surface area (Å²) in [5, 5.41) is 19.7. The first kappa shape index (κ1) is 20.3. The van der Waals surface area contributed by atoms with E-state index in [1.54, 1.807) is 30.0 Å². The Balaban J connectivity index is 2.28. The molecule has 24 heavy (non-hydrogen) atoms. The zero-order chi connectivity index (χ0) is 17.8. The third kappa shape index (κ3) is 9.39. The van der Waals surface area contributed by atoms with Gasteiger partial charge in [-0.05, 0) is 21.0 Å². The molecule has 0 fully saturated rings. The fourth-order valence-electron chi connectivity index (χ4n) is 1.68. The highest BCUT2D eigenvalue weighted by molar-refractivity contribution is 7.98. The highest BCUT2D eigenvalue weighted by Crippen LogP contribution is 2.16. The molecule has 1 aromatic rings. The van der Waals surface area contributed by atoms with Crippen molar-refractivity contribution >= 4 is 23.1 Å². The topological polar surface area (TPSA) is 83.3 Å². The number of aromatic nitrogens is 1. The lowest BCUT2D eigenvalue weighted by molar-refractivity contribution is -0.404. The molecule has 0 saturated heterocycles. The fraction of sp³-hybridized carbons (Fsp3) is 0.533. The van der Waals surface area contributed by atoms with Gasteiger partial charge in [0.15, 0.2) is 5.82 Å². The summed E-state index contributed by atoms with van der Waals surface area (Å²) in [6, 6.07) is 0. The molecule has 0 aliphatic heterocycles. The number of nitrogens with zero attached hydrogens (tertiary/aromatic N) is 3. The Hall–Kier alpha value is -1.76. The van der Waals surface area contributed by atoms with Crippen molar-refractivity contribution in [2.75, 3.05) is 32.9 Å². The molecule has 0 aliphatic rings. The fourth-order valence-corrected chi connectivity index (χ4v) is 3.44. The molecule has 2 N–H and O–H groups in total.